The Balaban J connectivity index is 0.000000524. The molecule has 8 nitrogen and oxygen atoms in total. The van der Waals surface area contributed by atoms with E-state index >= 15 is 0 Å². The summed E-state index contributed by atoms with van der Waals surface area (Å²) in [6.45, 7) is 7.22. The molecule has 0 spiro atoms. The van der Waals surface area contributed by atoms with E-state index in [1.165, 1.54) is 24.5 Å². The van der Waals surface area contributed by atoms with Gasteiger partial charge in [-0.3, -0.25) is 9.59 Å². The van der Waals surface area contributed by atoms with Gasteiger partial charge in [-0.1, -0.05) is 46.4 Å². The molecular weight excluding hydrogens is 550 g/mol. The number of aliphatic hydroxyl groups is 2. The third kappa shape index (κ3) is 13.6. The van der Waals surface area contributed by atoms with Gasteiger partial charge in [-0.25, -0.2) is 9.97 Å². The van der Waals surface area contributed by atoms with Gasteiger partial charge in [0.05, 0.1) is 33.3 Å². The molecule has 0 saturated carbocycles. The van der Waals surface area contributed by atoms with Crippen molar-refractivity contribution >= 4 is 69.2 Å². The zero-order valence-electron chi connectivity index (χ0n) is 19.0. The third-order valence-electron chi connectivity index (χ3n) is 3.69. The average Bonchev–Trinajstić information content (AvgIpc) is 2.71. The monoisotopic (exact) mass is 574 g/mol. The number of amides is 1. The van der Waals surface area contributed by atoms with Gasteiger partial charge in [0.1, 0.15) is 10.3 Å². The van der Waals surface area contributed by atoms with Crippen molar-refractivity contribution in [2.45, 2.75) is 45.2 Å². The molecule has 0 aliphatic carbocycles. The predicted molar refractivity (Wildman–Crippen MR) is 137 cm³/mol. The Morgan fingerprint density at radius 3 is 1.71 bits per heavy atom. The number of carbonyl (C=O) groups is 2. The fraction of sp³-hybridized carbons (Fsp3) is 0.429. The summed E-state index contributed by atoms with van der Waals surface area (Å²) in [5.74, 6) is -0.356. The van der Waals surface area contributed by atoms with Crippen LogP contribution in [0.15, 0.2) is 24.5 Å². The summed E-state index contributed by atoms with van der Waals surface area (Å²) in [5, 5.41) is 20.1. The average molecular weight is 577 g/mol. The topological polar surface area (TPSA) is 138 Å². The molecule has 2 rings (SSSR count). The maximum absolute atomic E-state index is 11.7. The zero-order chi connectivity index (χ0) is 26.7. The minimum atomic E-state index is -0.691. The minimum absolute atomic E-state index is 0.152. The second-order valence-corrected chi connectivity index (χ2v) is 10.1. The SMILES string of the molecule is CC(C)(CO)NC(=O)c1cnc(Cl)c(Cl)c1.CC(C)(N)CCO.O=C(Cl)c1cnc(Cl)c(Cl)c1. The lowest BCUT2D eigenvalue weighted by atomic mass is 10.0. The van der Waals surface area contributed by atoms with Gasteiger partial charge in [0, 0.05) is 24.5 Å². The van der Waals surface area contributed by atoms with Crippen molar-refractivity contribution in [2.24, 2.45) is 5.73 Å². The Morgan fingerprint density at radius 1 is 0.941 bits per heavy atom. The quantitative estimate of drug-likeness (QED) is 0.287. The summed E-state index contributed by atoms with van der Waals surface area (Å²) in [6.07, 6.45) is 3.27. The van der Waals surface area contributed by atoms with E-state index in [0.717, 1.165) is 0 Å². The molecule has 190 valence electrons. The van der Waals surface area contributed by atoms with Gasteiger partial charge in [-0.05, 0) is 57.8 Å². The Labute approximate surface area is 223 Å². The van der Waals surface area contributed by atoms with Crippen molar-refractivity contribution in [3.05, 3.63) is 56.0 Å². The summed E-state index contributed by atoms with van der Waals surface area (Å²) in [6, 6.07) is 2.80. The van der Waals surface area contributed by atoms with Gasteiger partial charge in [0.2, 0.25) is 0 Å². The highest BCUT2D eigenvalue weighted by atomic mass is 35.5. The van der Waals surface area contributed by atoms with Gasteiger partial charge in [-0.15, -0.1) is 0 Å². The van der Waals surface area contributed by atoms with Crippen molar-refractivity contribution < 1.29 is 19.8 Å². The first kappa shape index (κ1) is 32.8. The van der Waals surface area contributed by atoms with E-state index in [1.807, 2.05) is 13.8 Å². The molecule has 0 aliphatic rings. The van der Waals surface area contributed by atoms with Crippen molar-refractivity contribution in [1.82, 2.24) is 15.3 Å². The van der Waals surface area contributed by atoms with Crippen LogP contribution in [0.3, 0.4) is 0 Å². The molecular formula is C21H27Cl5N4O4. The highest BCUT2D eigenvalue weighted by molar-refractivity contribution is 6.67. The number of hydrogen-bond donors (Lipinski definition) is 4. The predicted octanol–water partition coefficient (Wildman–Crippen LogP) is 4.76. The molecule has 0 bridgehead atoms. The number of carbonyl (C=O) groups excluding carboxylic acids is 2. The van der Waals surface area contributed by atoms with Crippen LogP contribution in [-0.2, 0) is 0 Å². The lowest BCUT2D eigenvalue weighted by Gasteiger charge is -2.23. The molecule has 34 heavy (non-hydrogen) atoms. The molecule has 13 heteroatoms. The van der Waals surface area contributed by atoms with Crippen molar-refractivity contribution in [3.8, 4) is 0 Å². The van der Waals surface area contributed by atoms with Crippen LogP contribution in [0.1, 0.15) is 54.8 Å². The first-order valence-corrected chi connectivity index (χ1v) is 11.6. The number of aromatic nitrogens is 2. The number of nitrogens with one attached hydrogen (secondary N) is 1. The van der Waals surface area contributed by atoms with Gasteiger partial charge in [0.15, 0.2) is 0 Å². The summed E-state index contributed by atoms with van der Waals surface area (Å²) in [5.41, 5.74) is 5.13. The fourth-order valence-corrected chi connectivity index (χ4v) is 2.42. The molecule has 0 saturated heterocycles. The maximum atomic E-state index is 11.7. The van der Waals surface area contributed by atoms with E-state index in [-0.39, 0.29) is 50.6 Å². The molecule has 0 aliphatic heterocycles. The lowest BCUT2D eigenvalue weighted by molar-refractivity contribution is 0.0868. The van der Waals surface area contributed by atoms with Crippen LogP contribution in [0.25, 0.3) is 0 Å². The van der Waals surface area contributed by atoms with Crippen LogP contribution in [0, 0.1) is 0 Å². The van der Waals surface area contributed by atoms with Crippen LogP contribution >= 0.6 is 58.0 Å². The Bertz CT molecular complexity index is 969. The van der Waals surface area contributed by atoms with Crippen LogP contribution in [0.4, 0.5) is 0 Å². The minimum Gasteiger partial charge on any atom is -0.396 e. The van der Waals surface area contributed by atoms with E-state index in [2.05, 4.69) is 15.3 Å². The first-order valence-electron chi connectivity index (χ1n) is 9.68. The molecule has 2 aromatic rings. The smallest absolute Gasteiger partial charge is 0.253 e. The maximum Gasteiger partial charge on any atom is 0.253 e. The largest absolute Gasteiger partial charge is 0.396 e. The highest BCUT2D eigenvalue weighted by Crippen LogP contribution is 2.21. The number of aliphatic hydroxyl groups excluding tert-OH is 2. The number of pyridine rings is 2. The molecule has 0 unspecified atom stereocenters. The highest BCUT2D eigenvalue weighted by Gasteiger charge is 2.20. The van der Waals surface area contributed by atoms with Gasteiger partial charge in [0.25, 0.3) is 11.1 Å². The molecule has 0 atom stereocenters. The Kier molecular flexibility index (Phi) is 14.5. The number of nitrogens with two attached hydrogens (primary N) is 1. The van der Waals surface area contributed by atoms with E-state index in [1.54, 1.807) is 13.8 Å². The summed E-state index contributed by atoms with van der Waals surface area (Å²) < 4.78 is 0. The van der Waals surface area contributed by atoms with E-state index in [4.69, 9.17) is 74.0 Å². The summed E-state index contributed by atoms with van der Waals surface area (Å²) >= 11 is 27.6. The van der Waals surface area contributed by atoms with E-state index in [9.17, 15) is 9.59 Å². The summed E-state index contributed by atoms with van der Waals surface area (Å²) in [7, 11) is 0. The van der Waals surface area contributed by atoms with Crippen LogP contribution in [0.2, 0.25) is 20.4 Å². The number of rotatable bonds is 6. The number of nitrogens with zero attached hydrogens (tertiary/aromatic N) is 2. The fourth-order valence-electron chi connectivity index (χ4n) is 1.78. The second kappa shape index (κ2) is 15.0. The van der Waals surface area contributed by atoms with Crippen LogP contribution in [-0.4, -0.2) is 55.6 Å². The zero-order valence-corrected chi connectivity index (χ0v) is 22.8. The molecule has 1 amide bonds. The number of hydrogen-bond acceptors (Lipinski definition) is 7. The first-order chi connectivity index (χ1) is 15.5. The standard InChI is InChI=1S/C10H12Cl2N2O2.C6H2Cl3NO.C5H13NO/c1-10(2,5-15)14-9(16)6-3-7(11)8(12)13-4-6;7-4-1-3(6(9)11)2-10-5(4)8;1-5(2,6)3-4-7/h3-4,15H,5H2,1-2H3,(H,14,16);1-2H;7H,3-4,6H2,1-2H3. The van der Waals surface area contributed by atoms with Gasteiger partial charge < -0.3 is 21.3 Å². The third-order valence-corrected chi connectivity index (χ3v) is 5.28. The van der Waals surface area contributed by atoms with Crippen LogP contribution < -0.4 is 11.1 Å². The van der Waals surface area contributed by atoms with E-state index in [0.29, 0.717) is 12.0 Å². The lowest BCUT2D eigenvalue weighted by Crippen LogP contribution is -2.46. The van der Waals surface area contributed by atoms with Crippen molar-refractivity contribution in [2.75, 3.05) is 13.2 Å². The Hall–Kier alpha value is -1.23. The van der Waals surface area contributed by atoms with Crippen molar-refractivity contribution in [1.29, 1.82) is 0 Å². The number of halogens is 5. The summed E-state index contributed by atoms with van der Waals surface area (Å²) in [4.78, 5) is 29.6. The van der Waals surface area contributed by atoms with Gasteiger partial charge >= 0.3 is 0 Å². The van der Waals surface area contributed by atoms with Crippen molar-refractivity contribution in [3.63, 3.8) is 0 Å². The molecule has 2 aromatic heterocycles. The molecule has 0 radical (unpaired) electrons. The molecule has 0 aromatic carbocycles. The second-order valence-electron chi connectivity index (χ2n) is 8.23. The van der Waals surface area contributed by atoms with Crippen LogP contribution in [0.5, 0.6) is 0 Å². The Morgan fingerprint density at radius 2 is 1.38 bits per heavy atom. The van der Waals surface area contributed by atoms with E-state index < -0.39 is 10.8 Å². The van der Waals surface area contributed by atoms with Gasteiger partial charge in [-0.2, -0.15) is 0 Å². The normalized spacial score (nSPS) is 10.9. The molecule has 2 heterocycles. The molecule has 0 fully saturated rings. The molecule has 5 N–H and O–H groups in total.